The lowest BCUT2D eigenvalue weighted by Crippen LogP contribution is -2.24. The number of nitrogens with one attached hydrogen (secondary N) is 1. The molecule has 0 radical (unpaired) electrons. The van der Waals surface area contributed by atoms with E-state index >= 15 is 0 Å². The first kappa shape index (κ1) is 18.3. The maximum Gasteiger partial charge on any atom is 0.241 e. The van der Waals surface area contributed by atoms with Gasteiger partial charge in [-0.3, -0.25) is 0 Å². The van der Waals surface area contributed by atoms with E-state index in [-0.39, 0.29) is 18.0 Å². The summed E-state index contributed by atoms with van der Waals surface area (Å²) in [6.07, 6.45) is 0. The minimum atomic E-state index is -3.59. The van der Waals surface area contributed by atoms with Crippen molar-refractivity contribution in [3.63, 3.8) is 0 Å². The summed E-state index contributed by atoms with van der Waals surface area (Å²) in [4.78, 5) is 0.162. The van der Waals surface area contributed by atoms with Crippen LogP contribution in [0.2, 0.25) is 0 Å². The first-order valence-electron chi connectivity index (χ1n) is 6.99. The Morgan fingerprint density at radius 2 is 1.83 bits per heavy atom. The van der Waals surface area contributed by atoms with E-state index in [0.29, 0.717) is 11.5 Å². The molecule has 5 nitrogen and oxygen atoms in total. The number of sulfonamides is 1. The van der Waals surface area contributed by atoms with Crippen molar-refractivity contribution in [3.8, 4) is 23.3 Å². The molecule has 0 aliphatic carbocycles. The summed E-state index contributed by atoms with van der Waals surface area (Å²) in [6, 6.07) is 13.5. The monoisotopic (exact) mass is 409 g/mol. The lowest BCUT2D eigenvalue weighted by atomic mass is 10.3. The van der Waals surface area contributed by atoms with Crippen LogP contribution in [0.1, 0.15) is 0 Å². The number of rotatable bonds is 6. The van der Waals surface area contributed by atoms with Crippen molar-refractivity contribution in [2.24, 2.45) is 0 Å². The number of hydrogen-bond acceptors (Lipinski definition) is 4. The highest BCUT2D eigenvalue weighted by Crippen LogP contribution is 2.17. The van der Waals surface area contributed by atoms with E-state index in [9.17, 15) is 8.42 Å². The van der Waals surface area contributed by atoms with Gasteiger partial charge in [0.2, 0.25) is 10.0 Å². The van der Waals surface area contributed by atoms with E-state index in [1.807, 2.05) is 24.3 Å². The van der Waals surface area contributed by atoms with Crippen molar-refractivity contribution >= 4 is 26.0 Å². The molecule has 0 saturated heterocycles. The molecule has 0 spiro atoms. The Morgan fingerprint density at radius 3 is 2.50 bits per heavy atom. The molecule has 7 heteroatoms. The zero-order valence-corrected chi connectivity index (χ0v) is 15.4. The van der Waals surface area contributed by atoms with Crippen LogP contribution in [0.3, 0.4) is 0 Å². The number of methoxy groups -OCH3 is 1. The smallest absolute Gasteiger partial charge is 0.241 e. The summed E-state index contributed by atoms with van der Waals surface area (Å²) in [5, 5.41) is 0. The number of halogens is 1. The van der Waals surface area contributed by atoms with Crippen LogP contribution in [0.15, 0.2) is 57.9 Å². The van der Waals surface area contributed by atoms with Crippen molar-refractivity contribution < 1.29 is 17.9 Å². The van der Waals surface area contributed by atoms with E-state index in [0.717, 1.165) is 4.47 Å². The van der Waals surface area contributed by atoms with Crippen LogP contribution in [0.25, 0.3) is 0 Å². The minimum Gasteiger partial charge on any atom is -0.497 e. The zero-order chi connectivity index (χ0) is 17.4. The molecular weight excluding hydrogens is 394 g/mol. The van der Waals surface area contributed by atoms with Gasteiger partial charge in [-0.2, -0.15) is 4.72 Å². The average Bonchev–Trinajstić information content (AvgIpc) is 2.58. The molecule has 126 valence electrons. The molecule has 0 aliphatic rings. The molecule has 0 unspecified atom stereocenters. The highest BCUT2D eigenvalue weighted by Gasteiger charge is 2.12. The molecule has 0 atom stereocenters. The molecular formula is C17H16BrNO4S. The third-order valence-corrected chi connectivity index (χ3v) is 4.86. The number of hydrogen-bond donors (Lipinski definition) is 1. The van der Waals surface area contributed by atoms with Crippen LogP contribution < -0.4 is 14.2 Å². The number of ether oxygens (including phenoxy) is 2. The molecule has 2 aromatic rings. The third-order valence-electron chi connectivity index (χ3n) is 2.95. The highest BCUT2D eigenvalue weighted by molar-refractivity contribution is 9.10. The second-order valence-electron chi connectivity index (χ2n) is 4.60. The fraction of sp³-hybridized carbons (Fsp3) is 0.176. The molecule has 24 heavy (non-hydrogen) atoms. The highest BCUT2D eigenvalue weighted by atomic mass is 79.9. The lowest BCUT2D eigenvalue weighted by molar-refractivity contribution is 0.370. The summed E-state index contributed by atoms with van der Waals surface area (Å²) in [5.41, 5.74) is 0. The standard InChI is InChI=1S/C17H16BrNO4S/c1-22-15-7-9-17(10-8-15)24(20,21)19-11-2-3-12-23-16-6-4-5-14(18)13-16/h4-10,13,19H,11-12H2,1H3. The predicted molar refractivity (Wildman–Crippen MR) is 95.6 cm³/mol. The van der Waals surface area contributed by atoms with Crippen LogP contribution in [-0.2, 0) is 10.0 Å². The van der Waals surface area contributed by atoms with Crippen LogP contribution in [-0.4, -0.2) is 28.7 Å². The SMILES string of the molecule is COc1ccc(S(=O)(=O)NCC#CCOc2cccc(Br)c2)cc1. The van der Waals surface area contributed by atoms with E-state index in [4.69, 9.17) is 9.47 Å². The molecule has 0 amide bonds. The van der Waals surface area contributed by atoms with Gasteiger partial charge in [0, 0.05) is 4.47 Å². The summed E-state index contributed by atoms with van der Waals surface area (Å²) in [7, 11) is -2.06. The number of benzene rings is 2. The van der Waals surface area contributed by atoms with Crippen molar-refractivity contribution in [2.45, 2.75) is 4.90 Å². The van der Waals surface area contributed by atoms with Crippen molar-refractivity contribution in [1.82, 2.24) is 4.72 Å². The summed E-state index contributed by atoms with van der Waals surface area (Å²) >= 11 is 3.35. The Labute approximate surface area is 150 Å². The molecule has 0 aliphatic heterocycles. The van der Waals surface area contributed by atoms with Gasteiger partial charge in [-0.15, -0.1) is 0 Å². The maximum absolute atomic E-state index is 12.1. The van der Waals surface area contributed by atoms with Crippen LogP contribution in [0.5, 0.6) is 11.5 Å². The minimum absolute atomic E-state index is 0.0101. The fourth-order valence-electron chi connectivity index (χ4n) is 1.76. The Balaban J connectivity index is 1.82. The summed E-state index contributed by atoms with van der Waals surface area (Å²) in [6.45, 7) is 0.191. The average molecular weight is 410 g/mol. The van der Waals surface area contributed by atoms with Crippen LogP contribution >= 0.6 is 15.9 Å². The first-order chi connectivity index (χ1) is 11.5. The molecule has 1 N–H and O–H groups in total. The van der Waals surface area contributed by atoms with Gasteiger partial charge in [0.1, 0.15) is 18.1 Å². The quantitative estimate of drug-likeness (QED) is 0.744. The van der Waals surface area contributed by atoms with Gasteiger partial charge < -0.3 is 9.47 Å². The zero-order valence-electron chi connectivity index (χ0n) is 13.0. The normalized spacial score (nSPS) is 10.6. The van der Waals surface area contributed by atoms with Gasteiger partial charge in [-0.25, -0.2) is 8.42 Å². The van der Waals surface area contributed by atoms with Gasteiger partial charge in [-0.05, 0) is 42.5 Å². The van der Waals surface area contributed by atoms with Gasteiger partial charge in [0.25, 0.3) is 0 Å². The predicted octanol–water partition coefficient (Wildman–Crippen LogP) is 2.82. The van der Waals surface area contributed by atoms with Gasteiger partial charge in [-0.1, -0.05) is 33.8 Å². The fourth-order valence-corrected chi connectivity index (χ4v) is 3.06. The third kappa shape index (κ3) is 5.57. The topological polar surface area (TPSA) is 64.6 Å². The summed E-state index contributed by atoms with van der Waals surface area (Å²) < 4.78 is 37.9. The summed E-state index contributed by atoms with van der Waals surface area (Å²) in [5.74, 6) is 6.77. The molecule has 0 heterocycles. The van der Waals surface area contributed by atoms with E-state index in [1.54, 1.807) is 12.1 Å². The molecule has 2 aromatic carbocycles. The Kier molecular flexibility index (Phi) is 6.67. The second-order valence-corrected chi connectivity index (χ2v) is 7.28. The van der Waals surface area contributed by atoms with Crippen LogP contribution in [0.4, 0.5) is 0 Å². The Bertz CT molecular complexity index is 839. The van der Waals surface area contributed by atoms with E-state index in [2.05, 4.69) is 32.5 Å². The molecule has 0 bridgehead atoms. The largest absolute Gasteiger partial charge is 0.497 e. The second kappa shape index (κ2) is 8.73. The molecule has 0 fully saturated rings. The van der Waals surface area contributed by atoms with Crippen molar-refractivity contribution in [1.29, 1.82) is 0 Å². The van der Waals surface area contributed by atoms with Crippen molar-refractivity contribution in [3.05, 3.63) is 53.0 Å². The van der Waals surface area contributed by atoms with Gasteiger partial charge in [0.05, 0.1) is 18.6 Å². The van der Waals surface area contributed by atoms with Crippen LogP contribution in [0, 0.1) is 11.8 Å². The van der Waals surface area contributed by atoms with E-state index < -0.39 is 10.0 Å². The van der Waals surface area contributed by atoms with Gasteiger partial charge >= 0.3 is 0 Å². The lowest BCUT2D eigenvalue weighted by Gasteiger charge is -2.05. The molecule has 0 aromatic heterocycles. The molecule has 2 rings (SSSR count). The van der Waals surface area contributed by atoms with E-state index in [1.165, 1.54) is 19.2 Å². The Morgan fingerprint density at radius 1 is 1.08 bits per heavy atom. The first-order valence-corrected chi connectivity index (χ1v) is 9.27. The maximum atomic E-state index is 12.1. The van der Waals surface area contributed by atoms with Gasteiger partial charge in [0.15, 0.2) is 0 Å². The molecule has 0 saturated carbocycles. The Hall–Kier alpha value is -2.01. The van der Waals surface area contributed by atoms with Crippen molar-refractivity contribution in [2.75, 3.05) is 20.3 Å².